The number of benzene rings is 1. The van der Waals surface area contributed by atoms with Gasteiger partial charge in [-0.05, 0) is 18.1 Å². The molecule has 1 aliphatic rings. The van der Waals surface area contributed by atoms with Gasteiger partial charge in [0.2, 0.25) is 5.88 Å². The lowest BCUT2D eigenvalue weighted by Gasteiger charge is -2.25. The summed E-state index contributed by atoms with van der Waals surface area (Å²) in [5, 5.41) is 0. The summed E-state index contributed by atoms with van der Waals surface area (Å²) in [6, 6.07) is 7.72. The molecule has 0 spiro atoms. The predicted molar refractivity (Wildman–Crippen MR) is 78.0 cm³/mol. The number of hydrogen-bond donors (Lipinski definition) is 0. The minimum absolute atomic E-state index is 0.373. The second-order valence-corrected chi connectivity index (χ2v) is 5.07. The molecule has 3 rings (SSSR count). The van der Waals surface area contributed by atoms with E-state index in [-0.39, 0.29) is 0 Å². The molecule has 0 amide bonds. The van der Waals surface area contributed by atoms with E-state index in [4.69, 9.17) is 14.2 Å². The lowest BCUT2D eigenvalue weighted by molar-refractivity contribution is 0.218. The Labute approximate surface area is 123 Å². The van der Waals surface area contributed by atoms with Crippen molar-refractivity contribution in [2.75, 3.05) is 20.8 Å². The molecule has 5 heteroatoms. The Kier molecular flexibility index (Phi) is 3.90. The van der Waals surface area contributed by atoms with Crippen molar-refractivity contribution >= 4 is 0 Å². The van der Waals surface area contributed by atoms with E-state index in [1.807, 2.05) is 12.1 Å². The normalized spacial score (nSPS) is 16.8. The van der Waals surface area contributed by atoms with E-state index in [0.29, 0.717) is 18.4 Å². The van der Waals surface area contributed by atoms with Crippen LogP contribution in [-0.4, -0.2) is 30.8 Å². The molecule has 21 heavy (non-hydrogen) atoms. The van der Waals surface area contributed by atoms with Crippen LogP contribution in [0, 0.1) is 5.92 Å². The molecule has 1 aromatic heterocycles. The smallest absolute Gasteiger partial charge is 0.216 e. The summed E-state index contributed by atoms with van der Waals surface area (Å²) in [7, 11) is 3.27. The van der Waals surface area contributed by atoms with Gasteiger partial charge in [-0.2, -0.15) is 4.98 Å². The fraction of sp³-hybridized carbons (Fsp3) is 0.375. The Morgan fingerprint density at radius 2 is 2.14 bits per heavy atom. The zero-order valence-electron chi connectivity index (χ0n) is 12.2. The van der Waals surface area contributed by atoms with Gasteiger partial charge in [0.05, 0.1) is 20.8 Å². The topological polar surface area (TPSA) is 53.5 Å². The summed E-state index contributed by atoms with van der Waals surface area (Å²) in [6.07, 6.45) is 3.46. The van der Waals surface area contributed by atoms with E-state index < -0.39 is 0 Å². The Bertz CT molecular complexity index is 631. The quantitative estimate of drug-likeness (QED) is 0.863. The van der Waals surface area contributed by atoms with Crippen molar-refractivity contribution in [3.8, 4) is 17.4 Å². The lowest BCUT2D eigenvalue weighted by atomic mass is 9.93. The highest BCUT2D eigenvalue weighted by Crippen LogP contribution is 2.31. The van der Waals surface area contributed by atoms with Crippen LogP contribution < -0.4 is 14.2 Å². The Hall–Kier alpha value is -2.30. The van der Waals surface area contributed by atoms with Gasteiger partial charge in [0.15, 0.2) is 0 Å². The van der Waals surface area contributed by atoms with Crippen LogP contribution in [0.2, 0.25) is 0 Å². The van der Waals surface area contributed by atoms with Gasteiger partial charge in [-0.1, -0.05) is 6.07 Å². The molecule has 1 aromatic carbocycles. The van der Waals surface area contributed by atoms with Crippen molar-refractivity contribution in [1.29, 1.82) is 0 Å². The minimum Gasteiger partial charge on any atom is -0.497 e. The number of rotatable bonds is 4. The summed E-state index contributed by atoms with van der Waals surface area (Å²) < 4.78 is 16.2. The van der Waals surface area contributed by atoms with E-state index in [1.165, 1.54) is 5.56 Å². The van der Waals surface area contributed by atoms with E-state index in [1.54, 1.807) is 26.5 Å². The molecule has 0 aliphatic carbocycles. The van der Waals surface area contributed by atoms with E-state index in [0.717, 1.165) is 30.2 Å². The van der Waals surface area contributed by atoms with Crippen molar-refractivity contribution < 1.29 is 14.2 Å². The van der Waals surface area contributed by atoms with Gasteiger partial charge >= 0.3 is 0 Å². The Balaban J connectivity index is 1.71. The maximum absolute atomic E-state index is 5.84. The molecule has 0 N–H and O–H groups in total. The fourth-order valence-corrected chi connectivity index (χ4v) is 2.52. The summed E-state index contributed by atoms with van der Waals surface area (Å²) >= 11 is 0. The first-order chi connectivity index (χ1) is 10.3. The van der Waals surface area contributed by atoms with E-state index in [2.05, 4.69) is 16.0 Å². The molecule has 110 valence electrons. The Morgan fingerprint density at radius 1 is 1.24 bits per heavy atom. The number of methoxy groups -OCH3 is 2. The second-order valence-electron chi connectivity index (χ2n) is 5.07. The van der Waals surface area contributed by atoms with Gasteiger partial charge in [-0.15, -0.1) is 0 Å². The first-order valence-electron chi connectivity index (χ1n) is 6.94. The molecule has 0 unspecified atom stereocenters. The van der Waals surface area contributed by atoms with Crippen molar-refractivity contribution in [1.82, 2.24) is 9.97 Å². The SMILES string of the molecule is COc1ccc2c(c1)OC[C@@H](Cc1nccc(OC)n1)C2. The highest BCUT2D eigenvalue weighted by Gasteiger charge is 2.21. The largest absolute Gasteiger partial charge is 0.497 e. The number of fused-ring (bicyclic) bond motifs is 1. The summed E-state index contributed by atoms with van der Waals surface area (Å²) in [5.41, 5.74) is 1.20. The van der Waals surface area contributed by atoms with Crippen LogP contribution in [0.25, 0.3) is 0 Å². The predicted octanol–water partition coefficient (Wildman–Crippen LogP) is 2.29. The third kappa shape index (κ3) is 3.07. The van der Waals surface area contributed by atoms with Crippen LogP contribution in [0.5, 0.6) is 17.4 Å². The van der Waals surface area contributed by atoms with Crippen molar-refractivity contribution in [2.45, 2.75) is 12.8 Å². The van der Waals surface area contributed by atoms with Crippen molar-refractivity contribution in [3.63, 3.8) is 0 Å². The molecule has 2 heterocycles. The first-order valence-corrected chi connectivity index (χ1v) is 6.94. The van der Waals surface area contributed by atoms with Crippen molar-refractivity contribution in [2.24, 2.45) is 5.92 Å². The third-order valence-electron chi connectivity index (χ3n) is 3.62. The van der Waals surface area contributed by atoms with Crippen LogP contribution in [0.4, 0.5) is 0 Å². The molecule has 0 fully saturated rings. The van der Waals surface area contributed by atoms with Gasteiger partial charge < -0.3 is 14.2 Å². The number of ether oxygens (including phenoxy) is 3. The number of hydrogen-bond acceptors (Lipinski definition) is 5. The molecule has 5 nitrogen and oxygen atoms in total. The highest BCUT2D eigenvalue weighted by molar-refractivity contribution is 5.42. The second kappa shape index (κ2) is 5.99. The van der Waals surface area contributed by atoms with Gasteiger partial charge in [-0.3, -0.25) is 0 Å². The number of aromatic nitrogens is 2. The Morgan fingerprint density at radius 3 is 2.95 bits per heavy atom. The third-order valence-corrected chi connectivity index (χ3v) is 3.62. The van der Waals surface area contributed by atoms with Crippen molar-refractivity contribution in [3.05, 3.63) is 41.9 Å². The monoisotopic (exact) mass is 286 g/mol. The van der Waals surface area contributed by atoms with Crippen LogP contribution in [0.15, 0.2) is 30.5 Å². The van der Waals surface area contributed by atoms with Crippen LogP contribution in [0.3, 0.4) is 0 Å². The molecule has 0 saturated heterocycles. The fourth-order valence-electron chi connectivity index (χ4n) is 2.52. The van der Waals surface area contributed by atoms with Crippen LogP contribution >= 0.6 is 0 Å². The molecule has 1 aliphatic heterocycles. The minimum atomic E-state index is 0.373. The molecular formula is C16H18N2O3. The molecular weight excluding hydrogens is 268 g/mol. The molecule has 2 aromatic rings. The molecule has 1 atom stereocenters. The lowest BCUT2D eigenvalue weighted by Crippen LogP contribution is -2.23. The molecule has 0 radical (unpaired) electrons. The summed E-state index contributed by atoms with van der Waals surface area (Å²) in [6.45, 7) is 0.667. The standard InChI is InChI=1S/C16H18N2O3/c1-19-13-4-3-12-7-11(10-21-14(12)9-13)8-15-17-6-5-16(18-15)20-2/h3-6,9,11H,7-8,10H2,1-2H3/t11-/m1/s1. The highest BCUT2D eigenvalue weighted by atomic mass is 16.5. The maximum atomic E-state index is 5.84. The van der Waals surface area contributed by atoms with Gasteiger partial charge in [0, 0.05) is 30.7 Å². The zero-order valence-corrected chi connectivity index (χ0v) is 12.2. The van der Waals surface area contributed by atoms with Gasteiger partial charge in [0.1, 0.15) is 17.3 Å². The van der Waals surface area contributed by atoms with Crippen LogP contribution in [-0.2, 0) is 12.8 Å². The molecule has 0 bridgehead atoms. The molecule has 0 saturated carbocycles. The first kappa shape index (κ1) is 13.7. The van der Waals surface area contributed by atoms with E-state index >= 15 is 0 Å². The average Bonchev–Trinajstić information content (AvgIpc) is 2.54. The van der Waals surface area contributed by atoms with Crippen LogP contribution in [0.1, 0.15) is 11.4 Å². The van der Waals surface area contributed by atoms with E-state index in [9.17, 15) is 0 Å². The average molecular weight is 286 g/mol. The van der Waals surface area contributed by atoms with Gasteiger partial charge in [-0.25, -0.2) is 4.98 Å². The van der Waals surface area contributed by atoms with Gasteiger partial charge in [0.25, 0.3) is 0 Å². The summed E-state index contributed by atoms with van der Waals surface area (Å²) in [4.78, 5) is 8.66. The number of nitrogens with zero attached hydrogens (tertiary/aromatic N) is 2. The summed E-state index contributed by atoms with van der Waals surface area (Å²) in [5.74, 6) is 3.50. The maximum Gasteiger partial charge on any atom is 0.216 e. The zero-order chi connectivity index (χ0) is 14.7.